The number of aromatic nitrogens is 2. The molecule has 0 aliphatic heterocycles. The van der Waals surface area contributed by atoms with Crippen molar-refractivity contribution in [3.05, 3.63) is 89.8 Å². The largest absolute Gasteiger partial charge is 0.322 e. The Morgan fingerprint density at radius 2 is 1.85 bits per heavy atom. The summed E-state index contributed by atoms with van der Waals surface area (Å²) in [6, 6.07) is 18.8. The molecule has 0 fully saturated rings. The lowest BCUT2D eigenvalue weighted by Crippen LogP contribution is -2.12. The summed E-state index contributed by atoms with van der Waals surface area (Å²) in [5, 5.41) is 5.54. The minimum absolute atomic E-state index is 0.225. The Morgan fingerprint density at radius 3 is 2.69 bits per heavy atom. The van der Waals surface area contributed by atoms with Gasteiger partial charge in [-0.2, -0.15) is 0 Å². The highest BCUT2D eigenvalue weighted by Crippen LogP contribution is 2.33. The van der Waals surface area contributed by atoms with Gasteiger partial charge in [0.25, 0.3) is 5.91 Å². The highest BCUT2D eigenvalue weighted by molar-refractivity contribution is 6.33. The zero-order valence-corrected chi connectivity index (χ0v) is 14.4. The van der Waals surface area contributed by atoms with E-state index in [0.29, 0.717) is 16.3 Å². The zero-order valence-electron chi connectivity index (χ0n) is 13.7. The molecule has 0 aliphatic carbocycles. The zero-order chi connectivity index (χ0) is 17.9. The van der Waals surface area contributed by atoms with E-state index in [0.717, 1.165) is 22.0 Å². The summed E-state index contributed by atoms with van der Waals surface area (Å²) in [5.74, 6) is -0.225. The molecule has 4 nitrogen and oxygen atoms in total. The fourth-order valence-electron chi connectivity index (χ4n) is 2.82. The number of fused-ring (bicyclic) bond motifs is 1. The Bertz CT molecular complexity index is 1090. The van der Waals surface area contributed by atoms with Gasteiger partial charge in [0.05, 0.1) is 16.3 Å². The number of carbonyl (C=O) groups is 1. The Labute approximate surface area is 155 Å². The molecule has 0 saturated heterocycles. The number of anilines is 1. The lowest BCUT2D eigenvalue weighted by molar-refractivity contribution is 0.102. The van der Waals surface area contributed by atoms with E-state index in [4.69, 9.17) is 11.6 Å². The van der Waals surface area contributed by atoms with E-state index in [1.165, 1.54) is 6.20 Å². The van der Waals surface area contributed by atoms with Crippen LogP contribution in [-0.2, 0) is 0 Å². The Hall–Kier alpha value is -3.24. The fraction of sp³-hybridized carbons (Fsp3) is 0. The molecule has 1 amide bonds. The Balaban J connectivity index is 1.74. The van der Waals surface area contributed by atoms with Gasteiger partial charge in [-0.1, -0.05) is 35.9 Å². The second-order valence-electron chi connectivity index (χ2n) is 5.77. The van der Waals surface area contributed by atoms with Crippen molar-refractivity contribution in [3.8, 4) is 11.3 Å². The summed E-state index contributed by atoms with van der Waals surface area (Å²) in [5.41, 5.74) is 2.69. The monoisotopic (exact) mass is 359 g/mol. The smallest absolute Gasteiger partial charge is 0.257 e. The maximum atomic E-state index is 12.4. The standard InChI is InChI=1S/C21H14ClN3O/c22-19-8-7-16(25-21(26)15-5-3-10-23-13-15)12-18(19)20-17-6-2-1-4-14(17)9-11-24-20/h1-13H,(H,25,26). The van der Waals surface area contributed by atoms with Gasteiger partial charge >= 0.3 is 0 Å². The fourth-order valence-corrected chi connectivity index (χ4v) is 3.03. The van der Waals surface area contributed by atoms with E-state index >= 15 is 0 Å². The van der Waals surface area contributed by atoms with Crippen LogP contribution in [0.5, 0.6) is 0 Å². The van der Waals surface area contributed by atoms with Crippen molar-refractivity contribution in [2.24, 2.45) is 0 Å². The lowest BCUT2D eigenvalue weighted by Gasteiger charge is -2.11. The average Bonchev–Trinajstić information content (AvgIpc) is 2.70. The van der Waals surface area contributed by atoms with E-state index in [9.17, 15) is 4.79 Å². The summed E-state index contributed by atoms with van der Waals surface area (Å²) in [6.45, 7) is 0. The lowest BCUT2D eigenvalue weighted by atomic mass is 10.0. The van der Waals surface area contributed by atoms with Gasteiger partial charge in [0.2, 0.25) is 0 Å². The van der Waals surface area contributed by atoms with Gasteiger partial charge in [0.15, 0.2) is 0 Å². The molecule has 126 valence electrons. The van der Waals surface area contributed by atoms with Gasteiger partial charge in [0, 0.05) is 35.2 Å². The van der Waals surface area contributed by atoms with Gasteiger partial charge in [0.1, 0.15) is 0 Å². The van der Waals surface area contributed by atoms with E-state index in [2.05, 4.69) is 15.3 Å². The molecule has 0 radical (unpaired) electrons. The van der Waals surface area contributed by atoms with Gasteiger partial charge in [-0.05, 0) is 41.8 Å². The van der Waals surface area contributed by atoms with Crippen molar-refractivity contribution in [3.63, 3.8) is 0 Å². The minimum Gasteiger partial charge on any atom is -0.322 e. The van der Waals surface area contributed by atoms with Crippen LogP contribution in [0.1, 0.15) is 10.4 Å². The number of hydrogen-bond acceptors (Lipinski definition) is 3. The second kappa shape index (κ2) is 6.94. The predicted octanol–water partition coefficient (Wildman–Crippen LogP) is 5.20. The van der Waals surface area contributed by atoms with E-state index in [1.54, 1.807) is 36.7 Å². The number of carbonyl (C=O) groups excluding carboxylic acids is 1. The summed E-state index contributed by atoms with van der Waals surface area (Å²) in [7, 11) is 0. The van der Waals surface area contributed by atoms with Gasteiger partial charge in [-0.3, -0.25) is 14.8 Å². The third kappa shape index (κ3) is 3.15. The number of pyridine rings is 2. The van der Waals surface area contributed by atoms with Crippen molar-refractivity contribution in [2.75, 3.05) is 5.32 Å². The molecule has 26 heavy (non-hydrogen) atoms. The van der Waals surface area contributed by atoms with Crippen LogP contribution in [0.15, 0.2) is 79.3 Å². The first-order valence-electron chi connectivity index (χ1n) is 8.07. The minimum atomic E-state index is -0.225. The summed E-state index contributed by atoms with van der Waals surface area (Å²) in [4.78, 5) is 20.8. The summed E-state index contributed by atoms with van der Waals surface area (Å²) >= 11 is 6.42. The average molecular weight is 360 g/mol. The molecule has 0 saturated carbocycles. The molecule has 5 heteroatoms. The number of amides is 1. The molecule has 2 aromatic heterocycles. The van der Waals surface area contributed by atoms with Gasteiger partial charge in [-0.25, -0.2) is 0 Å². The van der Waals surface area contributed by atoms with Crippen LogP contribution in [0.25, 0.3) is 22.0 Å². The van der Waals surface area contributed by atoms with Gasteiger partial charge in [-0.15, -0.1) is 0 Å². The third-order valence-corrected chi connectivity index (χ3v) is 4.41. The molecule has 4 aromatic rings. The van der Waals surface area contributed by atoms with Crippen LogP contribution in [0.4, 0.5) is 5.69 Å². The first kappa shape index (κ1) is 16.2. The molecule has 2 heterocycles. The van der Waals surface area contributed by atoms with Crippen molar-refractivity contribution in [2.45, 2.75) is 0 Å². The van der Waals surface area contributed by atoms with Crippen molar-refractivity contribution in [1.29, 1.82) is 0 Å². The van der Waals surface area contributed by atoms with Crippen molar-refractivity contribution in [1.82, 2.24) is 9.97 Å². The Morgan fingerprint density at radius 1 is 0.962 bits per heavy atom. The summed E-state index contributed by atoms with van der Waals surface area (Å²) < 4.78 is 0. The molecule has 0 aliphatic rings. The quantitative estimate of drug-likeness (QED) is 0.546. The second-order valence-corrected chi connectivity index (χ2v) is 6.18. The number of benzene rings is 2. The molecule has 0 unspecified atom stereocenters. The van der Waals surface area contributed by atoms with Gasteiger partial charge < -0.3 is 5.32 Å². The molecular formula is C21H14ClN3O. The van der Waals surface area contributed by atoms with E-state index < -0.39 is 0 Å². The predicted molar refractivity (Wildman–Crippen MR) is 104 cm³/mol. The van der Waals surface area contributed by atoms with Crippen molar-refractivity contribution >= 4 is 34.0 Å². The molecule has 0 bridgehead atoms. The van der Waals surface area contributed by atoms with Crippen LogP contribution >= 0.6 is 11.6 Å². The summed E-state index contributed by atoms with van der Waals surface area (Å²) in [6.07, 6.45) is 4.91. The first-order chi connectivity index (χ1) is 12.7. The molecule has 2 aromatic carbocycles. The molecule has 4 rings (SSSR count). The van der Waals surface area contributed by atoms with Crippen LogP contribution in [-0.4, -0.2) is 15.9 Å². The SMILES string of the molecule is O=C(Nc1ccc(Cl)c(-c2nccc3ccccc23)c1)c1cccnc1. The van der Waals surface area contributed by atoms with Crippen molar-refractivity contribution < 1.29 is 4.79 Å². The molecule has 0 spiro atoms. The van der Waals surface area contributed by atoms with E-state index in [-0.39, 0.29) is 5.91 Å². The normalized spacial score (nSPS) is 10.7. The maximum absolute atomic E-state index is 12.4. The number of rotatable bonds is 3. The third-order valence-electron chi connectivity index (χ3n) is 4.08. The molecule has 0 atom stereocenters. The van der Waals surface area contributed by atoms with Crippen LogP contribution in [0.3, 0.4) is 0 Å². The topological polar surface area (TPSA) is 54.9 Å². The highest BCUT2D eigenvalue weighted by atomic mass is 35.5. The number of hydrogen-bond donors (Lipinski definition) is 1. The van der Waals surface area contributed by atoms with E-state index in [1.807, 2.05) is 36.4 Å². The maximum Gasteiger partial charge on any atom is 0.257 e. The number of nitrogens with one attached hydrogen (secondary N) is 1. The number of nitrogens with zero attached hydrogens (tertiary/aromatic N) is 2. The van der Waals surface area contributed by atoms with Crippen LogP contribution < -0.4 is 5.32 Å². The molecular weight excluding hydrogens is 346 g/mol. The first-order valence-corrected chi connectivity index (χ1v) is 8.45. The highest BCUT2D eigenvalue weighted by Gasteiger charge is 2.12. The molecule has 1 N–H and O–H groups in total. The van der Waals surface area contributed by atoms with Crippen LogP contribution in [0, 0.1) is 0 Å². The Kier molecular flexibility index (Phi) is 4.33. The number of halogens is 1. The van der Waals surface area contributed by atoms with Crippen LogP contribution in [0.2, 0.25) is 5.02 Å².